The lowest BCUT2D eigenvalue weighted by Crippen LogP contribution is -2.37. The fraction of sp³-hybridized carbons (Fsp3) is 0.292. The Morgan fingerprint density at radius 1 is 1.15 bits per heavy atom. The molecule has 2 aromatic carbocycles. The van der Waals surface area contributed by atoms with Crippen LogP contribution in [0.5, 0.6) is 0 Å². The lowest BCUT2D eigenvalue weighted by atomic mass is 10.0. The van der Waals surface area contributed by atoms with E-state index in [1.54, 1.807) is 6.33 Å². The number of anilines is 1. The number of amides is 2. The molecule has 0 spiro atoms. The summed E-state index contributed by atoms with van der Waals surface area (Å²) in [6.45, 7) is 0.551. The van der Waals surface area contributed by atoms with Gasteiger partial charge in [0.05, 0.1) is 11.6 Å². The van der Waals surface area contributed by atoms with Crippen LogP contribution >= 0.6 is 0 Å². The van der Waals surface area contributed by atoms with Gasteiger partial charge in [-0.15, -0.1) is 0 Å². The van der Waals surface area contributed by atoms with Crippen LogP contribution in [-0.4, -0.2) is 51.1 Å². The number of nitriles is 1. The van der Waals surface area contributed by atoms with Gasteiger partial charge in [-0.2, -0.15) is 5.26 Å². The third-order valence-corrected chi connectivity index (χ3v) is 5.43. The molecule has 3 aromatic rings. The Morgan fingerprint density at radius 3 is 2.73 bits per heavy atom. The van der Waals surface area contributed by atoms with E-state index < -0.39 is 6.09 Å². The minimum Gasteiger partial charge on any atom is -0.465 e. The topological polar surface area (TPSA) is 131 Å². The van der Waals surface area contributed by atoms with Gasteiger partial charge in [0.2, 0.25) is 5.91 Å². The Hall–Kier alpha value is -4.19. The van der Waals surface area contributed by atoms with Crippen molar-refractivity contribution in [3.05, 3.63) is 54.4 Å². The van der Waals surface area contributed by atoms with E-state index in [4.69, 9.17) is 10.4 Å². The molecule has 9 heteroatoms. The van der Waals surface area contributed by atoms with Gasteiger partial charge in [0.25, 0.3) is 0 Å². The molecule has 3 N–H and O–H groups in total. The fourth-order valence-corrected chi connectivity index (χ4v) is 3.61. The summed E-state index contributed by atoms with van der Waals surface area (Å²) in [7, 11) is 0. The molecular weight excluding hydrogens is 420 g/mol. The van der Waals surface area contributed by atoms with Gasteiger partial charge in [-0.1, -0.05) is 24.3 Å². The molecule has 1 fully saturated rings. The summed E-state index contributed by atoms with van der Waals surface area (Å²) in [5.41, 5.74) is 3.73. The maximum atomic E-state index is 12.4. The van der Waals surface area contributed by atoms with Gasteiger partial charge in [-0.3, -0.25) is 4.79 Å². The zero-order valence-electron chi connectivity index (χ0n) is 18.0. The van der Waals surface area contributed by atoms with Gasteiger partial charge in [0, 0.05) is 31.1 Å². The maximum Gasteiger partial charge on any atom is 0.404 e. The maximum absolute atomic E-state index is 12.4. The summed E-state index contributed by atoms with van der Waals surface area (Å²) in [5.74, 6) is 0.494. The number of aromatic nitrogens is 2. The largest absolute Gasteiger partial charge is 0.465 e. The minimum atomic E-state index is -1.15. The monoisotopic (exact) mass is 444 g/mol. The Labute approximate surface area is 191 Å². The van der Waals surface area contributed by atoms with E-state index in [0.717, 1.165) is 46.3 Å². The molecule has 1 saturated carbocycles. The van der Waals surface area contributed by atoms with Gasteiger partial charge in [-0.05, 0) is 47.7 Å². The summed E-state index contributed by atoms with van der Waals surface area (Å²) in [6.07, 6.45) is 2.46. The molecule has 33 heavy (non-hydrogen) atoms. The fourth-order valence-electron chi connectivity index (χ4n) is 3.61. The average Bonchev–Trinajstić information content (AvgIpc) is 3.63. The molecule has 0 unspecified atom stereocenters. The van der Waals surface area contributed by atoms with Crippen LogP contribution in [0.15, 0.2) is 48.8 Å². The molecule has 4 rings (SSSR count). The number of rotatable bonds is 9. The molecule has 1 aliphatic rings. The highest BCUT2D eigenvalue weighted by atomic mass is 16.4. The molecule has 1 aromatic heterocycles. The third-order valence-electron chi connectivity index (χ3n) is 5.43. The van der Waals surface area contributed by atoms with Crippen LogP contribution < -0.4 is 10.6 Å². The minimum absolute atomic E-state index is 0.0909. The lowest BCUT2D eigenvalue weighted by Gasteiger charge is -2.22. The number of hydrogen-bond acceptors (Lipinski definition) is 6. The molecular formula is C24H24N6O3. The number of carbonyl (C=O) groups is 2. The molecule has 9 nitrogen and oxygen atoms in total. The van der Waals surface area contributed by atoms with Gasteiger partial charge >= 0.3 is 6.09 Å². The van der Waals surface area contributed by atoms with Crippen molar-refractivity contribution in [2.24, 2.45) is 0 Å². The zero-order valence-corrected chi connectivity index (χ0v) is 18.0. The third kappa shape index (κ3) is 5.74. The van der Waals surface area contributed by atoms with E-state index in [9.17, 15) is 9.59 Å². The highest BCUT2D eigenvalue weighted by Gasteiger charge is 2.22. The average molecular weight is 444 g/mol. The van der Waals surface area contributed by atoms with Crippen molar-refractivity contribution in [3.8, 4) is 17.2 Å². The van der Waals surface area contributed by atoms with Gasteiger partial charge in [0.15, 0.2) is 0 Å². The quantitative estimate of drug-likeness (QED) is 0.461. The lowest BCUT2D eigenvalue weighted by molar-refractivity contribution is -0.130. The molecule has 1 aliphatic carbocycles. The summed E-state index contributed by atoms with van der Waals surface area (Å²) in [5, 5.41) is 24.4. The van der Waals surface area contributed by atoms with Crippen LogP contribution in [0, 0.1) is 11.3 Å². The molecule has 2 amide bonds. The smallest absolute Gasteiger partial charge is 0.404 e. The van der Waals surface area contributed by atoms with Crippen molar-refractivity contribution < 1.29 is 14.7 Å². The van der Waals surface area contributed by atoms with Crippen molar-refractivity contribution in [3.63, 3.8) is 0 Å². The highest BCUT2D eigenvalue weighted by molar-refractivity contribution is 5.92. The number of nitrogens with one attached hydrogen (secondary N) is 2. The van der Waals surface area contributed by atoms with Crippen molar-refractivity contribution in [2.45, 2.75) is 31.8 Å². The Kier molecular flexibility index (Phi) is 6.64. The van der Waals surface area contributed by atoms with Crippen LogP contribution in [-0.2, 0) is 11.3 Å². The van der Waals surface area contributed by atoms with Crippen LogP contribution in [0.3, 0.4) is 0 Å². The number of nitrogens with zero attached hydrogens (tertiary/aromatic N) is 4. The second-order valence-electron chi connectivity index (χ2n) is 7.96. The van der Waals surface area contributed by atoms with Crippen LogP contribution in [0.4, 0.5) is 10.6 Å². The zero-order chi connectivity index (χ0) is 23.2. The van der Waals surface area contributed by atoms with E-state index in [0.29, 0.717) is 6.04 Å². The van der Waals surface area contributed by atoms with E-state index in [-0.39, 0.29) is 32.0 Å². The highest BCUT2D eigenvalue weighted by Crippen LogP contribution is 2.30. The SMILES string of the molecule is N#CCC(=O)N(CCNC(=O)O)Cc1cccc(-c2ccc3ncnc(NC4CC4)c3c2)c1. The van der Waals surface area contributed by atoms with Crippen LogP contribution in [0.1, 0.15) is 24.8 Å². The predicted molar refractivity (Wildman–Crippen MR) is 123 cm³/mol. The van der Waals surface area contributed by atoms with Crippen molar-refractivity contribution in [2.75, 3.05) is 18.4 Å². The molecule has 168 valence electrons. The van der Waals surface area contributed by atoms with Crippen LogP contribution in [0.25, 0.3) is 22.0 Å². The second-order valence-corrected chi connectivity index (χ2v) is 7.96. The van der Waals surface area contributed by atoms with E-state index in [1.165, 1.54) is 4.90 Å². The molecule has 0 atom stereocenters. The molecule has 0 radical (unpaired) electrons. The van der Waals surface area contributed by atoms with Gasteiger partial charge in [-0.25, -0.2) is 14.8 Å². The Morgan fingerprint density at radius 2 is 1.97 bits per heavy atom. The molecule has 0 saturated heterocycles. The van der Waals surface area contributed by atoms with Crippen molar-refractivity contribution >= 4 is 28.7 Å². The Balaban J connectivity index is 1.57. The predicted octanol–water partition coefficient (Wildman–Crippen LogP) is 3.38. The summed E-state index contributed by atoms with van der Waals surface area (Å²) in [4.78, 5) is 33.4. The van der Waals surface area contributed by atoms with Crippen molar-refractivity contribution in [1.29, 1.82) is 5.26 Å². The first-order chi connectivity index (χ1) is 16.0. The summed E-state index contributed by atoms with van der Waals surface area (Å²) < 4.78 is 0. The number of hydrogen-bond donors (Lipinski definition) is 3. The number of carbonyl (C=O) groups excluding carboxylic acids is 1. The van der Waals surface area contributed by atoms with E-state index >= 15 is 0 Å². The summed E-state index contributed by atoms with van der Waals surface area (Å²) >= 11 is 0. The second kappa shape index (κ2) is 9.96. The standard InChI is InChI=1S/C24H24N6O3/c25-9-8-22(31)30(11-10-26-24(32)33)14-16-2-1-3-17(12-16)18-4-7-21-20(13-18)23(28-15-27-21)29-19-5-6-19/h1-4,7,12-13,15,19,26H,5-6,8,10-11,14H2,(H,32,33)(H,27,28,29). The number of benzene rings is 2. The van der Waals surface area contributed by atoms with E-state index in [1.807, 2.05) is 42.5 Å². The molecule has 1 heterocycles. The first-order valence-corrected chi connectivity index (χ1v) is 10.8. The number of fused-ring (bicyclic) bond motifs is 1. The molecule has 0 aliphatic heterocycles. The molecule has 0 bridgehead atoms. The van der Waals surface area contributed by atoms with Gasteiger partial charge in [0.1, 0.15) is 18.6 Å². The van der Waals surface area contributed by atoms with Gasteiger partial charge < -0.3 is 20.6 Å². The van der Waals surface area contributed by atoms with Crippen LogP contribution in [0.2, 0.25) is 0 Å². The normalized spacial score (nSPS) is 12.7. The first kappa shape index (κ1) is 22.0. The van der Waals surface area contributed by atoms with Crippen molar-refractivity contribution in [1.82, 2.24) is 20.2 Å². The number of carboxylic acid groups (broad SMARTS) is 1. The van der Waals surface area contributed by atoms with E-state index in [2.05, 4.69) is 26.7 Å². The first-order valence-electron chi connectivity index (χ1n) is 10.8. The summed E-state index contributed by atoms with van der Waals surface area (Å²) in [6, 6.07) is 16.2. The Bertz CT molecular complexity index is 1220.